The van der Waals surface area contributed by atoms with Gasteiger partial charge in [0.25, 0.3) is 0 Å². The Kier molecular flexibility index (Phi) is 5.29. The molecule has 0 aliphatic rings. The molecule has 0 saturated heterocycles. The van der Waals surface area contributed by atoms with Crippen LogP contribution in [0.4, 0.5) is 0 Å². The Hall–Kier alpha value is -0.730. The lowest BCUT2D eigenvalue weighted by atomic mass is 10.1. The molecule has 0 aromatic heterocycles. The van der Waals surface area contributed by atoms with E-state index in [-0.39, 0.29) is 5.60 Å². The Bertz CT molecular complexity index is 363. The van der Waals surface area contributed by atoms with Gasteiger partial charge in [0.1, 0.15) is 11.4 Å². The molecule has 0 saturated carbocycles. The average Bonchev–Trinajstić information content (AvgIpc) is 2.28. The van der Waals surface area contributed by atoms with E-state index in [0.29, 0.717) is 0 Å². The minimum Gasteiger partial charge on any atom is -0.487 e. The standard InChI is InChI=1S/C14H22ClNO/c1-5-14(3,4)17-13-9-7-8-12(15)11(13)10-16-6-2/h7-9,16H,5-6,10H2,1-4H3. The van der Waals surface area contributed by atoms with Crippen molar-refractivity contribution in [1.82, 2.24) is 5.32 Å². The van der Waals surface area contributed by atoms with Gasteiger partial charge < -0.3 is 10.1 Å². The van der Waals surface area contributed by atoms with Crippen LogP contribution in [0.15, 0.2) is 18.2 Å². The molecule has 2 nitrogen and oxygen atoms in total. The fourth-order valence-corrected chi connectivity index (χ4v) is 1.66. The van der Waals surface area contributed by atoms with Crippen molar-refractivity contribution < 1.29 is 4.74 Å². The number of benzene rings is 1. The maximum Gasteiger partial charge on any atom is 0.126 e. The summed E-state index contributed by atoms with van der Waals surface area (Å²) in [5.41, 5.74) is 0.878. The molecule has 0 unspecified atom stereocenters. The molecule has 0 amide bonds. The monoisotopic (exact) mass is 255 g/mol. The second-order valence-corrected chi connectivity index (χ2v) is 5.12. The molecule has 0 fully saturated rings. The first-order chi connectivity index (χ1) is 8.00. The Balaban J connectivity index is 2.94. The minimum atomic E-state index is -0.161. The molecule has 0 aliphatic carbocycles. The van der Waals surface area contributed by atoms with Gasteiger partial charge in [0.2, 0.25) is 0 Å². The van der Waals surface area contributed by atoms with Crippen molar-refractivity contribution in [3.05, 3.63) is 28.8 Å². The Morgan fingerprint density at radius 3 is 2.59 bits per heavy atom. The maximum atomic E-state index is 6.22. The highest BCUT2D eigenvalue weighted by molar-refractivity contribution is 6.31. The Morgan fingerprint density at radius 1 is 1.29 bits per heavy atom. The highest BCUT2D eigenvalue weighted by Gasteiger charge is 2.19. The highest BCUT2D eigenvalue weighted by atomic mass is 35.5. The van der Waals surface area contributed by atoms with Crippen LogP contribution < -0.4 is 10.1 Å². The molecular weight excluding hydrogens is 234 g/mol. The van der Waals surface area contributed by atoms with Gasteiger partial charge in [-0.1, -0.05) is 31.5 Å². The predicted octanol–water partition coefficient (Wildman–Crippen LogP) is 4.02. The van der Waals surface area contributed by atoms with Gasteiger partial charge in [-0.3, -0.25) is 0 Å². The summed E-state index contributed by atoms with van der Waals surface area (Å²) in [5.74, 6) is 0.880. The topological polar surface area (TPSA) is 21.3 Å². The average molecular weight is 256 g/mol. The van der Waals surface area contributed by atoms with E-state index < -0.39 is 0 Å². The van der Waals surface area contributed by atoms with Crippen LogP contribution >= 0.6 is 11.6 Å². The Labute approximate surface area is 109 Å². The highest BCUT2D eigenvalue weighted by Crippen LogP contribution is 2.30. The second-order valence-electron chi connectivity index (χ2n) is 4.71. The number of ether oxygens (including phenoxy) is 1. The number of halogens is 1. The van der Waals surface area contributed by atoms with E-state index >= 15 is 0 Å². The molecule has 0 aliphatic heterocycles. The van der Waals surface area contributed by atoms with Crippen LogP contribution in [-0.2, 0) is 6.54 Å². The van der Waals surface area contributed by atoms with Gasteiger partial charge in [-0.25, -0.2) is 0 Å². The molecule has 1 aromatic carbocycles. The summed E-state index contributed by atoms with van der Waals surface area (Å²) in [5, 5.41) is 4.04. The smallest absolute Gasteiger partial charge is 0.126 e. The molecule has 1 rings (SSSR count). The molecule has 1 aromatic rings. The summed E-state index contributed by atoms with van der Waals surface area (Å²) >= 11 is 6.22. The quantitative estimate of drug-likeness (QED) is 0.829. The molecule has 96 valence electrons. The van der Waals surface area contributed by atoms with E-state index in [1.54, 1.807) is 0 Å². The van der Waals surface area contributed by atoms with Gasteiger partial charge in [-0.15, -0.1) is 0 Å². The SMILES string of the molecule is CCNCc1c(Cl)cccc1OC(C)(C)CC. The normalized spacial score (nSPS) is 11.6. The Morgan fingerprint density at radius 2 is 2.00 bits per heavy atom. The maximum absolute atomic E-state index is 6.22. The van der Waals surface area contributed by atoms with Crippen molar-refractivity contribution in [1.29, 1.82) is 0 Å². The van der Waals surface area contributed by atoms with Crippen LogP contribution in [0.1, 0.15) is 39.7 Å². The number of nitrogens with one attached hydrogen (secondary N) is 1. The minimum absolute atomic E-state index is 0.161. The van der Waals surface area contributed by atoms with Crippen molar-refractivity contribution in [2.75, 3.05) is 6.54 Å². The second kappa shape index (κ2) is 6.27. The van der Waals surface area contributed by atoms with Crippen LogP contribution in [0.5, 0.6) is 5.75 Å². The van der Waals surface area contributed by atoms with E-state index in [9.17, 15) is 0 Å². The van der Waals surface area contributed by atoms with Gasteiger partial charge in [0.15, 0.2) is 0 Å². The van der Waals surface area contributed by atoms with E-state index in [4.69, 9.17) is 16.3 Å². The lowest BCUT2D eigenvalue weighted by molar-refractivity contribution is 0.104. The molecular formula is C14H22ClNO. The summed E-state index contributed by atoms with van der Waals surface area (Å²) in [6.45, 7) is 10.0. The van der Waals surface area contributed by atoms with Crippen molar-refractivity contribution >= 4 is 11.6 Å². The fraction of sp³-hybridized carbons (Fsp3) is 0.571. The first-order valence-electron chi connectivity index (χ1n) is 6.17. The van der Waals surface area contributed by atoms with E-state index in [0.717, 1.165) is 35.8 Å². The van der Waals surface area contributed by atoms with Crippen molar-refractivity contribution in [2.45, 2.75) is 46.3 Å². The lowest BCUT2D eigenvalue weighted by Gasteiger charge is -2.26. The van der Waals surface area contributed by atoms with Crippen LogP contribution in [0.2, 0.25) is 5.02 Å². The zero-order chi connectivity index (χ0) is 12.9. The van der Waals surface area contributed by atoms with Gasteiger partial charge in [0.05, 0.1) is 0 Å². The summed E-state index contributed by atoms with van der Waals surface area (Å²) in [4.78, 5) is 0. The van der Waals surface area contributed by atoms with E-state index in [1.807, 2.05) is 18.2 Å². The van der Waals surface area contributed by atoms with Crippen LogP contribution in [0, 0.1) is 0 Å². The molecule has 3 heteroatoms. The molecule has 0 atom stereocenters. The van der Waals surface area contributed by atoms with Crippen LogP contribution in [0.3, 0.4) is 0 Å². The molecule has 1 N–H and O–H groups in total. The molecule has 0 radical (unpaired) electrons. The van der Waals surface area contributed by atoms with Crippen molar-refractivity contribution in [3.63, 3.8) is 0 Å². The summed E-state index contributed by atoms with van der Waals surface area (Å²) in [7, 11) is 0. The molecule has 0 bridgehead atoms. The van der Waals surface area contributed by atoms with Crippen LogP contribution in [0.25, 0.3) is 0 Å². The largest absolute Gasteiger partial charge is 0.487 e. The number of hydrogen-bond acceptors (Lipinski definition) is 2. The predicted molar refractivity (Wildman–Crippen MR) is 73.8 cm³/mol. The third-order valence-electron chi connectivity index (χ3n) is 2.87. The third-order valence-corrected chi connectivity index (χ3v) is 3.22. The van der Waals surface area contributed by atoms with Crippen molar-refractivity contribution in [3.8, 4) is 5.75 Å². The van der Waals surface area contributed by atoms with Gasteiger partial charge >= 0.3 is 0 Å². The van der Waals surface area contributed by atoms with Crippen LogP contribution in [-0.4, -0.2) is 12.1 Å². The number of rotatable bonds is 6. The zero-order valence-corrected chi connectivity index (χ0v) is 11.9. The lowest BCUT2D eigenvalue weighted by Crippen LogP contribution is -2.27. The summed E-state index contributed by atoms with van der Waals surface area (Å²) in [6.07, 6.45) is 0.958. The van der Waals surface area contributed by atoms with Gasteiger partial charge in [0, 0.05) is 17.1 Å². The molecule has 0 spiro atoms. The first kappa shape index (κ1) is 14.3. The summed E-state index contributed by atoms with van der Waals surface area (Å²) < 4.78 is 6.04. The molecule has 0 heterocycles. The summed E-state index contributed by atoms with van der Waals surface area (Å²) in [6, 6.07) is 5.81. The zero-order valence-electron chi connectivity index (χ0n) is 11.1. The first-order valence-corrected chi connectivity index (χ1v) is 6.55. The number of hydrogen-bond donors (Lipinski definition) is 1. The van der Waals surface area contributed by atoms with Crippen molar-refractivity contribution in [2.24, 2.45) is 0 Å². The fourth-order valence-electron chi connectivity index (χ4n) is 1.43. The van der Waals surface area contributed by atoms with Gasteiger partial charge in [-0.2, -0.15) is 0 Å². The van der Waals surface area contributed by atoms with E-state index in [2.05, 4.69) is 33.0 Å². The van der Waals surface area contributed by atoms with E-state index in [1.165, 1.54) is 0 Å². The molecule has 17 heavy (non-hydrogen) atoms. The third kappa shape index (κ3) is 4.21. The van der Waals surface area contributed by atoms with Gasteiger partial charge in [-0.05, 0) is 38.9 Å².